The molecule has 0 fully saturated rings. The maximum Gasteiger partial charge on any atom is 0.335 e. The van der Waals surface area contributed by atoms with Crippen LogP contribution in [0, 0.1) is 0 Å². The highest BCUT2D eigenvalue weighted by Gasteiger charge is 2.12. The summed E-state index contributed by atoms with van der Waals surface area (Å²) in [4.78, 5) is 22.7. The first-order chi connectivity index (χ1) is 9.97. The van der Waals surface area contributed by atoms with Crippen molar-refractivity contribution in [1.29, 1.82) is 0 Å². The molecule has 0 unspecified atom stereocenters. The Kier molecular flexibility index (Phi) is 4.71. The fourth-order valence-electron chi connectivity index (χ4n) is 1.48. The van der Waals surface area contributed by atoms with Crippen LogP contribution in [0.3, 0.4) is 0 Å². The van der Waals surface area contributed by atoms with E-state index in [1.165, 1.54) is 24.5 Å². The summed E-state index contributed by atoms with van der Waals surface area (Å²) in [7, 11) is 0. The van der Waals surface area contributed by atoms with Crippen molar-refractivity contribution in [3.05, 3.63) is 52.4 Å². The molecule has 1 amide bonds. The van der Waals surface area contributed by atoms with Crippen LogP contribution in [0.1, 0.15) is 20.9 Å². The molecule has 2 aromatic rings. The van der Waals surface area contributed by atoms with Gasteiger partial charge in [-0.3, -0.25) is 10.1 Å². The normalized spacial score (nSPS) is 9.95. The Hall–Kier alpha value is -2.19. The van der Waals surface area contributed by atoms with Gasteiger partial charge in [-0.25, -0.2) is 4.79 Å². The van der Waals surface area contributed by atoms with Crippen LogP contribution in [-0.2, 0) is 0 Å². The molecule has 1 aromatic heterocycles. The van der Waals surface area contributed by atoms with Gasteiger partial charge in [0.1, 0.15) is 0 Å². The van der Waals surface area contributed by atoms with Crippen molar-refractivity contribution in [2.75, 3.05) is 5.32 Å². The average Bonchev–Trinajstić information content (AvgIpc) is 2.95. The number of furan rings is 1. The summed E-state index contributed by atoms with van der Waals surface area (Å²) in [6, 6.07) is 7.50. The molecular weight excluding hydrogens is 360 g/mol. The number of rotatable bonds is 3. The molecular formula is C13H9BrN2O4S. The van der Waals surface area contributed by atoms with Crippen molar-refractivity contribution in [2.24, 2.45) is 0 Å². The molecule has 0 saturated heterocycles. The third kappa shape index (κ3) is 3.89. The topological polar surface area (TPSA) is 91.6 Å². The Labute approximate surface area is 133 Å². The van der Waals surface area contributed by atoms with Gasteiger partial charge in [-0.15, -0.1) is 0 Å². The number of aromatic carboxylic acids is 1. The van der Waals surface area contributed by atoms with E-state index in [1.807, 2.05) is 0 Å². The molecule has 1 aromatic carbocycles. The van der Waals surface area contributed by atoms with Crippen LogP contribution in [-0.4, -0.2) is 22.1 Å². The maximum absolute atomic E-state index is 11.7. The molecule has 3 N–H and O–H groups in total. The van der Waals surface area contributed by atoms with Crippen LogP contribution < -0.4 is 10.6 Å². The van der Waals surface area contributed by atoms with Crippen molar-refractivity contribution < 1.29 is 19.1 Å². The molecule has 21 heavy (non-hydrogen) atoms. The van der Waals surface area contributed by atoms with E-state index in [9.17, 15) is 9.59 Å². The minimum absolute atomic E-state index is 0.0274. The summed E-state index contributed by atoms with van der Waals surface area (Å²) in [5.41, 5.74) is 0.528. The average molecular weight is 369 g/mol. The number of nitrogens with one attached hydrogen (secondary N) is 2. The number of halogens is 1. The van der Waals surface area contributed by atoms with Gasteiger partial charge in [0, 0.05) is 4.47 Å². The van der Waals surface area contributed by atoms with Gasteiger partial charge >= 0.3 is 5.97 Å². The lowest BCUT2D eigenvalue weighted by Crippen LogP contribution is -2.34. The van der Waals surface area contributed by atoms with Crippen molar-refractivity contribution in [3.8, 4) is 0 Å². The van der Waals surface area contributed by atoms with Crippen molar-refractivity contribution in [3.63, 3.8) is 0 Å². The van der Waals surface area contributed by atoms with Crippen LogP contribution in [0.5, 0.6) is 0 Å². The Morgan fingerprint density at radius 1 is 1.29 bits per heavy atom. The van der Waals surface area contributed by atoms with Crippen LogP contribution in [0.25, 0.3) is 0 Å². The summed E-state index contributed by atoms with van der Waals surface area (Å²) < 4.78 is 5.55. The van der Waals surface area contributed by atoms with Crippen molar-refractivity contribution >= 4 is 50.8 Å². The highest BCUT2D eigenvalue weighted by Crippen LogP contribution is 2.23. The summed E-state index contributed by atoms with van der Waals surface area (Å²) >= 11 is 8.27. The van der Waals surface area contributed by atoms with Crippen LogP contribution in [0.15, 0.2) is 45.5 Å². The number of carbonyl (C=O) groups excluding carboxylic acids is 1. The monoisotopic (exact) mass is 368 g/mol. The van der Waals surface area contributed by atoms with E-state index in [4.69, 9.17) is 21.7 Å². The second-order valence-electron chi connectivity index (χ2n) is 3.89. The second kappa shape index (κ2) is 6.51. The molecule has 1 heterocycles. The highest BCUT2D eigenvalue weighted by atomic mass is 79.9. The Bertz CT molecular complexity index is 700. The van der Waals surface area contributed by atoms with Gasteiger partial charge in [0.05, 0.1) is 17.5 Å². The second-order valence-corrected chi connectivity index (χ2v) is 5.15. The maximum atomic E-state index is 11.7. The molecule has 0 aliphatic rings. The number of hydrogen-bond acceptors (Lipinski definition) is 4. The van der Waals surface area contributed by atoms with Gasteiger partial charge in [-0.05, 0) is 58.5 Å². The number of thiocarbonyl (C=S) groups is 1. The SMILES string of the molecule is O=C(O)c1ccc(Br)c(NC(=S)NC(=O)c2ccco2)c1. The summed E-state index contributed by atoms with van der Waals surface area (Å²) in [5.74, 6) is -1.43. The van der Waals surface area contributed by atoms with Gasteiger partial charge in [-0.2, -0.15) is 0 Å². The first-order valence-electron chi connectivity index (χ1n) is 5.66. The number of carbonyl (C=O) groups is 2. The fourth-order valence-corrected chi connectivity index (χ4v) is 2.03. The molecule has 0 saturated carbocycles. The first kappa shape index (κ1) is 15.2. The lowest BCUT2D eigenvalue weighted by Gasteiger charge is -2.11. The van der Waals surface area contributed by atoms with Crippen molar-refractivity contribution in [2.45, 2.75) is 0 Å². The van der Waals surface area contributed by atoms with Crippen LogP contribution >= 0.6 is 28.1 Å². The molecule has 0 bridgehead atoms. The molecule has 0 aliphatic carbocycles. The Morgan fingerprint density at radius 2 is 2.05 bits per heavy atom. The zero-order chi connectivity index (χ0) is 15.4. The molecule has 8 heteroatoms. The van der Waals surface area contributed by atoms with Gasteiger partial charge in [0.2, 0.25) is 0 Å². The van der Waals surface area contributed by atoms with Gasteiger partial charge in [0.15, 0.2) is 10.9 Å². The number of carboxylic acid groups (broad SMARTS) is 1. The largest absolute Gasteiger partial charge is 0.478 e. The minimum Gasteiger partial charge on any atom is -0.478 e. The summed E-state index contributed by atoms with van der Waals surface area (Å²) in [5, 5.41) is 14.1. The molecule has 0 atom stereocenters. The third-order valence-corrected chi connectivity index (χ3v) is 3.33. The minimum atomic E-state index is -1.06. The van der Waals surface area contributed by atoms with E-state index >= 15 is 0 Å². The van der Waals surface area contributed by atoms with Crippen LogP contribution in [0.4, 0.5) is 5.69 Å². The zero-order valence-corrected chi connectivity index (χ0v) is 12.8. The molecule has 2 rings (SSSR count). The van der Waals surface area contributed by atoms with E-state index in [1.54, 1.807) is 12.1 Å². The lowest BCUT2D eigenvalue weighted by atomic mass is 10.2. The van der Waals surface area contributed by atoms with Gasteiger partial charge in [-0.1, -0.05) is 0 Å². The van der Waals surface area contributed by atoms with E-state index in [0.29, 0.717) is 10.2 Å². The standard InChI is InChI=1S/C13H9BrN2O4S/c14-8-4-3-7(12(18)19)6-9(8)15-13(21)16-11(17)10-2-1-5-20-10/h1-6H,(H,18,19)(H2,15,16,17,21). The number of amides is 1. The van der Waals surface area contributed by atoms with E-state index in [2.05, 4.69) is 26.6 Å². The fraction of sp³-hybridized carbons (Fsp3) is 0. The highest BCUT2D eigenvalue weighted by molar-refractivity contribution is 9.10. The predicted octanol–water partition coefficient (Wildman–Crippen LogP) is 2.87. The molecule has 0 spiro atoms. The van der Waals surface area contributed by atoms with Crippen molar-refractivity contribution in [1.82, 2.24) is 5.32 Å². The molecule has 0 aliphatic heterocycles. The van der Waals surface area contributed by atoms with E-state index in [0.717, 1.165) is 0 Å². The van der Waals surface area contributed by atoms with E-state index in [-0.39, 0.29) is 16.4 Å². The predicted molar refractivity (Wildman–Crippen MR) is 83.5 cm³/mol. The number of carboxylic acids is 1. The molecule has 108 valence electrons. The number of hydrogen-bond donors (Lipinski definition) is 3. The van der Waals surface area contributed by atoms with Crippen LogP contribution in [0.2, 0.25) is 0 Å². The molecule has 0 radical (unpaired) electrons. The van der Waals surface area contributed by atoms with Gasteiger partial charge < -0.3 is 14.8 Å². The smallest absolute Gasteiger partial charge is 0.335 e. The van der Waals surface area contributed by atoms with E-state index < -0.39 is 11.9 Å². The van der Waals surface area contributed by atoms with Gasteiger partial charge in [0.25, 0.3) is 5.91 Å². The quantitative estimate of drug-likeness (QED) is 0.721. The lowest BCUT2D eigenvalue weighted by molar-refractivity contribution is 0.0696. The number of benzene rings is 1. The summed E-state index contributed by atoms with van der Waals surface area (Å²) in [6.45, 7) is 0. The molecule has 6 nitrogen and oxygen atoms in total. The number of anilines is 1. The first-order valence-corrected chi connectivity index (χ1v) is 6.86. The third-order valence-electron chi connectivity index (χ3n) is 2.43. The zero-order valence-electron chi connectivity index (χ0n) is 10.4. The Balaban J connectivity index is 2.07. The Morgan fingerprint density at radius 3 is 2.67 bits per heavy atom. The summed E-state index contributed by atoms with van der Waals surface area (Å²) in [6.07, 6.45) is 1.37.